The minimum absolute atomic E-state index is 0.120. The van der Waals surface area contributed by atoms with Gasteiger partial charge in [-0.3, -0.25) is 9.69 Å². The maximum Gasteiger partial charge on any atom is 0.310 e. The molecule has 3 rings (SSSR count). The molecule has 0 radical (unpaired) electrons. The first-order chi connectivity index (χ1) is 11.7. The Morgan fingerprint density at radius 1 is 1.29 bits per heavy atom. The molecule has 2 bridgehead atoms. The van der Waals surface area contributed by atoms with E-state index in [0.717, 1.165) is 19.3 Å². The Bertz CT molecular complexity index is 598. The number of carbonyl (C=O) groups excluding carboxylic acids is 1. The van der Waals surface area contributed by atoms with Crippen molar-refractivity contribution in [1.29, 1.82) is 0 Å². The Morgan fingerprint density at radius 3 is 2.71 bits per heavy atom. The van der Waals surface area contributed by atoms with E-state index in [2.05, 4.69) is 36.1 Å². The van der Waals surface area contributed by atoms with Gasteiger partial charge in [0.25, 0.3) is 0 Å². The van der Waals surface area contributed by atoms with Crippen LogP contribution in [0.1, 0.15) is 36.3 Å². The van der Waals surface area contributed by atoms with Crippen molar-refractivity contribution < 1.29 is 13.9 Å². The van der Waals surface area contributed by atoms with Gasteiger partial charge in [0.2, 0.25) is 0 Å². The van der Waals surface area contributed by atoms with Crippen LogP contribution < -0.4 is 0 Å². The highest BCUT2D eigenvalue weighted by Crippen LogP contribution is 2.47. The van der Waals surface area contributed by atoms with Crippen LogP contribution >= 0.6 is 0 Å². The molecule has 0 unspecified atom stereocenters. The lowest BCUT2D eigenvalue weighted by Crippen LogP contribution is -2.50. The fourth-order valence-electron chi connectivity index (χ4n) is 4.47. The van der Waals surface area contributed by atoms with Crippen LogP contribution in [0.25, 0.3) is 0 Å². The van der Waals surface area contributed by atoms with Crippen molar-refractivity contribution in [2.45, 2.75) is 44.2 Å². The van der Waals surface area contributed by atoms with E-state index in [1.807, 2.05) is 6.08 Å². The molecule has 2 fully saturated rings. The van der Waals surface area contributed by atoms with Gasteiger partial charge in [-0.1, -0.05) is 42.0 Å². The van der Waals surface area contributed by atoms with Gasteiger partial charge in [0, 0.05) is 24.5 Å². The zero-order chi connectivity index (χ0) is 17.1. The number of ether oxygens (including phenoxy) is 1. The number of alkyl halides is 1. The second kappa shape index (κ2) is 7.47. The molecule has 24 heavy (non-hydrogen) atoms. The molecule has 1 aromatic carbocycles. The molecule has 4 heteroatoms. The zero-order valence-electron chi connectivity index (χ0n) is 14.5. The summed E-state index contributed by atoms with van der Waals surface area (Å²) in [5, 5.41) is 0. The number of rotatable bonds is 5. The lowest BCUT2D eigenvalue weighted by Gasteiger charge is -2.43. The van der Waals surface area contributed by atoms with E-state index in [-0.39, 0.29) is 23.8 Å². The van der Waals surface area contributed by atoms with Gasteiger partial charge in [-0.25, -0.2) is 4.39 Å². The van der Waals surface area contributed by atoms with Crippen LogP contribution in [0.5, 0.6) is 0 Å². The molecule has 0 spiro atoms. The molecule has 130 valence electrons. The summed E-state index contributed by atoms with van der Waals surface area (Å²) in [6.07, 6.45) is 6.51. The molecule has 0 aliphatic carbocycles. The Kier molecular flexibility index (Phi) is 5.34. The number of hydrogen-bond donors (Lipinski definition) is 0. The number of esters is 1. The normalized spacial score (nSPS) is 30.0. The molecule has 1 aromatic rings. The van der Waals surface area contributed by atoms with Crippen molar-refractivity contribution >= 4 is 5.97 Å². The van der Waals surface area contributed by atoms with Crippen LogP contribution in [0.3, 0.4) is 0 Å². The quantitative estimate of drug-likeness (QED) is 0.609. The van der Waals surface area contributed by atoms with Gasteiger partial charge in [-0.05, 0) is 31.7 Å². The van der Waals surface area contributed by atoms with Crippen LogP contribution in [-0.2, 0) is 9.53 Å². The fourth-order valence-corrected chi connectivity index (χ4v) is 4.47. The lowest BCUT2D eigenvalue weighted by atomic mass is 9.76. The topological polar surface area (TPSA) is 29.5 Å². The third-order valence-electron chi connectivity index (χ3n) is 5.62. The van der Waals surface area contributed by atoms with Gasteiger partial charge < -0.3 is 4.74 Å². The first kappa shape index (κ1) is 17.2. The molecule has 2 heterocycles. The van der Waals surface area contributed by atoms with Gasteiger partial charge >= 0.3 is 5.97 Å². The molecule has 2 aliphatic heterocycles. The summed E-state index contributed by atoms with van der Waals surface area (Å²) in [7, 11) is 1.48. The maximum atomic E-state index is 12.6. The van der Waals surface area contributed by atoms with Crippen LogP contribution in [0.4, 0.5) is 4.39 Å². The number of aryl methyl sites for hydroxylation is 1. The zero-order valence-corrected chi connectivity index (χ0v) is 14.5. The van der Waals surface area contributed by atoms with Crippen molar-refractivity contribution in [1.82, 2.24) is 4.90 Å². The number of nitrogens with zero attached hydrogens (tertiary/aromatic N) is 1. The number of fused-ring (bicyclic) bond motifs is 2. The van der Waals surface area contributed by atoms with Crippen LogP contribution in [0.15, 0.2) is 36.4 Å². The highest BCUT2D eigenvalue weighted by atomic mass is 19.1. The fraction of sp³-hybridized carbons (Fsp3) is 0.550. The number of carbonyl (C=O) groups is 1. The number of piperidine rings is 1. The predicted octanol–water partition coefficient (Wildman–Crippen LogP) is 3.63. The lowest BCUT2D eigenvalue weighted by molar-refractivity contribution is -0.150. The largest absolute Gasteiger partial charge is 0.469 e. The molecule has 0 N–H and O–H groups in total. The SMILES string of the molecule is COC(=O)[C@H]1[C@@H](c2ccc(C)cc2)C[C@@H]2CC[C@H]1N2C/C=C/CF. The van der Waals surface area contributed by atoms with Gasteiger partial charge in [0.15, 0.2) is 0 Å². The summed E-state index contributed by atoms with van der Waals surface area (Å²) in [5.41, 5.74) is 2.46. The van der Waals surface area contributed by atoms with Crippen LogP contribution in [0, 0.1) is 12.8 Å². The highest BCUT2D eigenvalue weighted by molar-refractivity contribution is 5.75. The van der Waals surface area contributed by atoms with Crippen molar-refractivity contribution in [3.63, 3.8) is 0 Å². The van der Waals surface area contributed by atoms with Gasteiger partial charge in [-0.15, -0.1) is 0 Å². The number of hydrogen-bond acceptors (Lipinski definition) is 3. The van der Waals surface area contributed by atoms with E-state index in [0.29, 0.717) is 12.6 Å². The van der Waals surface area contributed by atoms with Crippen molar-refractivity contribution in [2.24, 2.45) is 5.92 Å². The van der Waals surface area contributed by atoms with Crippen LogP contribution in [0.2, 0.25) is 0 Å². The van der Waals surface area contributed by atoms with Crippen molar-refractivity contribution in [3.8, 4) is 0 Å². The summed E-state index contributed by atoms with van der Waals surface area (Å²) in [6.45, 7) is 2.36. The monoisotopic (exact) mass is 331 g/mol. The molecule has 2 aliphatic rings. The first-order valence-electron chi connectivity index (χ1n) is 8.76. The molecule has 4 atom stereocenters. The summed E-state index contributed by atoms with van der Waals surface area (Å²) in [5.74, 6) is -0.0578. The second-order valence-electron chi connectivity index (χ2n) is 6.92. The number of methoxy groups -OCH3 is 1. The molecule has 0 amide bonds. The van der Waals surface area contributed by atoms with E-state index in [4.69, 9.17) is 4.74 Å². The number of benzene rings is 1. The minimum Gasteiger partial charge on any atom is -0.469 e. The van der Waals surface area contributed by atoms with Crippen molar-refractivity contribution in [2.75, 3.05) is 20.3 Å². The third-order valence-corrected chi connectivity index (χ3v) is 5.62. The summed E-state index contributed by atoms with van der Waals surface area (Å²) in [4.78, 5) is 14.9. The minimum atomic E-state index is -0.435. The van der Waals surface area contributed by atoms with E-state index < -0.39 is 6.67 Å². The van der Waals surface area contributed by atoms with Gasteiger partial charge in [0.1, 0.15) is 6.67 Å². The third kappa shape index (κ3) is 3.25. The number of allylic oxidation sites excluding steroid dienone is 1. The van der Waals surface area contributed by atoms with Crippen molar-refractivity contribution in [3.05, 3.63) is 47.5 Å². The van der Waals surface area contributed by atoms with Gasteiger partial charge in [-0.2, -0.15) is 0 Å². The Hall–Kier alpha value is -1.68. The Balaban J connectivity index is 1.87. The Morgan fingerprint density at radius 2 is 2.04 bits per heavy atom. The maximum absolute atomic E-state index is 12.6. The average Bonchev–Trinajstić information content (AvgIpc) is 2.87. The Labute approximate surface area is 143 Å². The second-order valence-corrected chi connectivity index (χ2v) is 6.92. The van der Waals surface area contributed by atoms with E-state index >= 15 is 0 Å². The van der Waals surface area contributed by atoms with Gasteiger partial charge in [0.05, 0.1) is 13.0 Å². The van der Waals surface area contributed by atoms with Crippen LogP contribution in [-0.4, -0.2) is 43.3 Å². The number of halogens is 1. The average molecular weight is 331 g/mol. The molecular weight excluding hydrogens is 305 g/mol. The molecule has 2 saturated heterocycles. The summed E-state index contributed by atoms with van der Waals surface area (Å²) >= 11 is 0. The van der Waals surface area contributed by atoms with E-state index in [1.165, 1.54) is 18.2 Å². The molecular formula is C20H26FNO2. The predicted molar refractivity (Wildman–Crippen MR) is 92.7 cm³/mol. The summed E-state index contributed by atoms with van der Waals surface area (Å²) in [6, 6.07) is 9.17. The molecule has 0 aromatic heterocycles. The smallest absolute Gasteiger partial charge is 0.310 e. The highest BCUT2D eigenvalue weighted by Gasteiger charge is 2.50. The molecule has 3 nitrogen and oxygen atoms in total. The van der Waals surface area contributed by atoms with E-state index in [1.54, 1.807) is 6.08 Å². The first-order valence-corrected chi connectivity index (χ1v) is 8.76. The van der Waals surface area contributed by atoms with E-state index in [9.17, 15) is 9.18 Å². The summed E-state index contributed by atoms with van der Waals surface area (Å²) < 4.78 is 17.5. The standard InChI is InChI=1S/C20H26FNO2/c1-14-5-7-15(8-6-14)17-13-16-9-10-18(19(17)20(23)24-2)22(16)12-4-3-11-21/h3-8,16-19H,9-13H2,1-2H3/b4-3+/t16-,17+,18+,19-/m0/s1. The molecule has 0 saturated carbocycles.